The Kier molecular flexibility index (Phi) is 3.85. The lowest BCUT2D eigenvalue weighted by Crippen LogP contribution is -2.14. The van der Waals surface area contributed by atoms with Crippen LogP contribution in [-0.4, -0.2) is 21.0 Å². The number of amides is 1. The summed E-state index contributed by atoms with van der Waals surface area (Å²) in [6.45, 7) is 1.51. The quantitative estimate of drug-likeness (QED) is 0.580. The number of nitro groups is 1. The number of nitrogens with one attached hydrogen (secondary N) is 1. The number of thiophene rings is 1. The molecule has 116 valence electrons. The highest BCUT2D eigenvalue weighted by atomic mass is 32.1. The van der Waals surface area contributed by atoms with Crippen molar-refractivity contribution in [3.05, 3.63) is 56.3 Å². The molecule has 1 N–H and O–H groups in total. The van der Waals surface area contributed by atoms with Crippen molar-refractivity contribution in [2.24, 2.45) is 0 Å². The molecule has 0 spiro atoms. The lowest BCUT2D eigenvalue weighted by molar-refractivity contribution is -0.385. The van der Waals surface area contributed by atoms with Crippen molar-refractivity contribution >= 4 is 28.9 Å². The molecule has 1 amide bonds. The summed E-state index contributed by atoms with van der Waals surface area (Å²) in [7, 11) is 0. The molecule has 0 atom stereocenters. The van der Waals surface area contributed by atoms with Gasteiger partial charge in [0.15, 0.2) is 0 Å². The zero-order chi connectivity index (χ0) is 16.4. The van der Waals surface area contributed by atoms with Gasteiger partial charge in [0, 0.05) is 28.1 Å². The van der Waals surface area contributed by atoms with Crippen LogP contribution in [0.2, 0.25) is 0 Å². The van der Waals surface area contributed by atoms with Gasteiger partial charge in [-0.3, -0.25) is 20.2 Å². The largest absolute Gasteiger partial charge is 0.403 e. The molecule has 0 aliphatic rings. The van der Waals surface area contributed by atoms with E-state index in [0.717, 1.165) is 5.56 Å². The molecule has 2 heterocycles. The van der Waals surface area contributed by atoms with Gasteiger partial charge in [0.2, 0.25) is 0 Å². The summed E-state index contributed by atoms with van der Waals surface area (Å²) in [5.74, 6) is -0.260. The highest BCUT2D eigenvalue weighted by molar-refractivity contribution is 7.08. The van der Waals surface area contributed by atoms with E-state index in [4.69, 9.17) is 4.42 Å². The lowest BCUT2D eigenvalue weighted by Gasteiger charge is -2.04. The van der Waals surface area contributed by atoms with E-state index in [-0.39, 0.29) is 28.7 Å². The zero-order valence-corrected chi connectivity index (χ0v) is 12.7. The number of benzene rings is 1. The third-order valence-electron chi connectivity index (χ3n) is 3.16. The van der Waals surface area contributed by atoms with E-state index < -0.39 is 10.8 Å². The Bertz CT molecular complexity index is 873. The maximum absolute atomic E-state index is 12.2. The number of anilines is 1. The maximum atomic E-state index is 12.2. The average Bonchev–Trinajstić information content (AvgIpc) is 3.17. The van der Waals surface area contributed by atoms with E-state index >= 15 is 0 Å². The average molecular weight is 330 g/mol. The summed E-state index contributed by atoms with van der Waals surface area (Å²) < 4.78 is 5.36. The van der Waals surface area contributed by atoms with Crippen LogP contribution >= 0.6 is 11.3 Å². The monoisotopic (exact) mass is 330 g/mol. The van der Waals surface area contributed by atoms with Crippen LogP contribution in [0.4, 0.5) is 11.7 Å². The Morgan fingerprint density at radius 3 is 2.87 bits per heavy atom. The maximum Gasteiger partial charge on any atom is 0.322 e. The molecule has 0 saturated carbocycles. The van der Waals surface area contributed by atoms with Crippen LogP contribution in [0.25, 0.3) is 11.5 Å². The highest BCUT2D eigenvalue weighted by Gasteiger charge is 2.19. The van der Waals surface area contributed by atoms with E-state index in [1.807, 2.05) is 16.8 Å². The third kappa shape index (κ3) is 2.94. The summed E-state index contributed by atoms with van der Waals surface area (Å²) in [4.78, 5) is 22.6. The molecule has 9 heteroatoms. The molecule has 0 radical (unpaired) electrons. The first-order chi connectivity index (χ1) is 11.1. The number of rotatable bonds is 4. The molecular formula is C14H10N4O4S. The van der Waals surface area contributed by atoms with Crippen LogP contribution in [-0.2, 0) is 0 Å². The topological polar surface area (TPSA) is 111 Å². The number of nitro benzene ring substituents is 1. The van der Waals surface area contributed by atoms with Crippen LogP contribution < -0.4 is 5.32 Å². The third-order valence-corrected chi connectivity index (χ3v) is 3.84. The molecule has 1 aromatic carbocycles. The Hall–Kier alpha value is -3.07. The summed E-state index contributed by atoms with van der Waals surface area (Å²) in [6, 6.07) is 6.03. The second kappa shape index (κ2) is 5.97. The molecule has 0 bridgehead atoms. The molecule has 0 unspecified atom stereocenters. The Morgan fingerprint density at radius 2 is 2.17 bits per heavy atom. The Morgan fingerprint density at radius 1 is 1.35 bits per heavy atom. The van der Waals surface area contributed by atoms with Gasteiger partial charge in [0.1, 0.15) is 0 Å². The van der Waals surface area contributed by atoms with E-state index in [9.17, 15) is 14.9 Å². The van der Waals surface area contributed by atoms with Crippen molar-refractivity contribution in [2.45, 2.75) is 6.92 Å². The van der Waals surface area contributed by atoms with Crippen LogP contribution in [0.1, 0.15) is 15.9 Å². The predicted molar refractivity (Wildman–Crippen MR) is 83.4 cm³/mol. The minimum absolute atomic E-state index is 0.0675. The van der Waals surface area contributed by atoms with Gasteiger partial charge < -0.3 is 4.42 Å². The van der Waals surface area contributed by atoms with Crippen LogP contribution in [0.3, 0.4) is 0 Å². The van der Waals surface area contributed by atoms with E-state index in [0.29, 0.717) is 0 Å². The van der Waals surface area contributed by atoms with Crippen LogP contribution in [0.15, 0.2) is 39.4 Å². The number of aromatic nitrogens is 2. The zero-order valence-electron chi connectivity index (χ0n) is 11.8. The molecule has 3 rings (SSSR count). The van der Waals surface area contributed by atoms with Gasteiger partial charge in [-0.05, 0) is 24.4 Å². The highest BCUT2D eigenvalue weighted by Crippen LogP contribution is 2.24. The van der Waals surface area contributed by atoms with Gasteiger partial charge >= 0.3 is 6.01 Å². The van der Waals surface area contributed by atoms with E-state index in [1.165, 1.54) is 36.5 Å². The molecular weight excluding hydrogens is 320 g/mol. The first-order valence-electron chi connectivity index (χ1n) is 6.47. The summed E-state index contributed by atoms with van der Waals surface area (Å²) in [5, 5.41) is 24.7. The van der Waals surface area contributed by atoms with Crippen molar-refractivity contribution in [1.29, 1.82) is 0 Å². The number of hydrogen-bond donors (Lipinski definition) is 1. The van der Waals surface area contributed by atoms with Gasteiger partial charge in [-0.1, -0.05) is 11.2 Å². The van der Waals surface area contributed by atoms with Crippen molar-refractivity contribution in [3.8, 4) is 11.5 Å². The standard InChI is InChI=1S/C14H10N4O4S/c1-8-10(3-2-4-11(8)18(20)21)12(19)15-14-17-16-13(22-14)9-5-6-23-7-9/h2-7H,1H3,(H,15,17,19). The van der Waals surface area contributed by atoms with Crippen molar-refractivity contribution in [3.63, 3.8) is 0 Å². The van der Waals surface area contributed by atoms with Gasteiger partial charge in [-0.15, -0.1) is 5.10 Å². The normalized spacial score (nSPS) is 10.5. The minimum Gasteiger partial charge on any atom is -0.403 e. The smallest absolute Gasteiger partial charge is 0.322 e. The van der Waals surface area contributed by atoms with Crippen LogP contribution in [0, 0.1) is 17.0 Å². The number of carbonyl (C=O) groups excluding carboxylic acids is 1. The van der Waals surface area contributed by atoms with E-state index in [2.05, 4.69) is 15.5 Å². The Labute approximate surface area is 133 Å². The molecule has 3 aromatic rings. The van der Waals surface area contributed by atoms with Crippen molar-refractivity contribution in [1.82, 2.24) is 10.2 Å². The fourth-order valence-corrected chi connectivity index (χ4v) is 2.64. The predicted octanol–water partition coefficient (Wildman–Crippen LogP) is 3.27. The summed E-state index contributed by atoms with van der Waals surface area (Å²) in [5.41, 5.74) is 1.08. The summed E-state index contributed by atoms with van der Waals surface area (Å²) >= 11 is 1.48. The Balaban J connectivity index is 1.83. The second-order valence-electron chi connectivity index (χ2n) is 4.59. The number of nitrogens with zero attached hydrogens (tertiary/aromatic N) is 3. The van der Waals surface area contributed by atoms with Gasteiger partial charge in [0.25, 0.3) is 17.5 Å². The first-order valence-corrected chi connectivity index (χ1v) is 7.42. The van der Waals surface area contributed by atoms with Gasteiger partial charge in [0.05, 0.1) is 4.92 Å². The van der Waals surface area contributed by atoms with Crippen molar-refractivity contribution in [2.75, 3.05) is 5.32 Å². The molecule has 0 fully saturated rings. The molecule has 0 aliphatic heterocycles. The van der Waals surface area contributed by atoms with Gasteiger partial charge in [-0.2, -0.15) is 11.3 Å². The summed E-state index contributed by atoms with van der Waals surface area (Å²) in [6.07, 6.45) is 0. The molecule has 2 aromatic heterocycles. The molecule has 0 saturated heterocycles. The fraction of sp³-hybridized carbons (Fsp3) is 0.0714. The fourth-order valence-electron chi connectivity index (χ4n) is 2.01. The SMILES string of the molecule is Cc1c(C(=O)Nc2nnc(-c3ccsc3)o2)cccc1[N+](=O)[O-]. The number of carbonyl (C=O) groups is 1. The molecule has 8 nitrogen and oxygen atoms in total. The first kappa shape index (κ1) is 14.9. The number of hydrogen-bond acceptors (Lipinski definition) is 7. The van der Waals surface area contributed by atoms with Crippen molar-refractivity contribution < 1.29 is 14.1 Å². The second-order valence-corrected chi connectivity index (χ2v) is 5.37. The lowest BCUT2D eigenvalue weighted by atomic mass is 10.1. The van der Waals surface area contributed by atoms with Gasteiger partial charge in [-0.25, -0.2) is 0 Å². The van der Waals surface area contributed by atoms with Crippen LogP contribution in [0.5, 0.6) is 0 Å². The minimum atomic E-state index is -0.549. The van der Waals surface area contributed by atoms with E-state index in [1.54, 1.807) is 0 Å². The molecule has 0 aliphatic carbocycles. The molecule has 23 heavy (non-hydrogen) atoms.